The van der Waals surface area contributed by atoms with Gasteiger partial charge in [-0.3, -0.25) is 24.2 Å². The molecule has 0 aromatic heterocycles. The molecule has 2 aromatic rings. The van der Waals surface area contributed by atoms with Crippen LogP contribution in [-0.2, 0) is 30.5 Å². The molecule has 4 atom stereocenters. The highest BCUT2D eigenvalue weighted by Crippen LogP contribution is 2.18. The molecule has 0 aliphatic heterocycles. The van der Waals surface area contributed by atoms with Crippen molar-refractivity contribution in [1.82, 2.24) is 20.9 Å². The minimum Gasteiger partial charge on any atom is -0.444 e. The lowest BCUT2D eigenvalue weighted by atomic mass is 10.0. The van der Waals surface area contributed by atoms with E-state index < -0.39 is 53.9 Å². The molecular formula is C39H59N9O7. The SMILES string of the molecule is CCCC[C@H](NC(=O)c1ccccc1)C(=O)N[C@@H](CCCCN)C(=O)N(C(=O)OCc1ccccc1)[C@@H](CCCCN)C(=O)N[C@H](C=O)CCCN=C(N)N. The van der Waals surface area contributed by atoms with E-state index >= 15 is 0 Å². The molecule has 5 amide bonds. The first-order valence-corrected chi connectivity index (χ1v) is 19.0. The monoisotopic (exact) mass is 765 g/mol. The van der Waals surface area contributed by atoms with Crippen molar-refractivity contribution < 1.29 is 33.5 Å². The first kappa shape index (κ1) is 45.8. The van der Waals surface area contributed by atoms with Crippen LogP contribution in [0.2, 0.25) is 0 Å². The number of hydrogen-bond donors (Lipinski definition) is 7. The van der Waals surface area contributed by atoms with Gasteiger partial charge in [-0.1, -0.05) is 68.3 Å². The van der Waals surface area contributed by atoms with E-state index in [1.165, 1.54) is 0 Å². The third-order valence-corrected chi connectivity index (χ3v) is 8.71. The number of guanidine groups is 1. The number of imide groups is 1. The van der Waals surface area contributed by atoms with Gasteiger partial charge in [-0.05, 0) is 88.6 Å². The van der Waals surface area contributed by atoms with Gasteiger partial charge in [0, 0.05) is 12.1 Å². The molecule has 11 N–H and O–H groups in total. The first-order chi connectivity index (χ1) is 26.6. The van der Waals surface area contributed by atoms with Crippen LogP contribution >= 0.6 is 0 Å². The largest absolute Gasteiger partial charge is 0.444 e. The summed E-state index contributed by atoms with van der Waals surface area (Å²) in [5.41, 5.74) is 23.3. The maximum Gasteiger partial charge on any atom is 0.417 e. The molecule has 0 bridgehead atoms. The fraction of sp³-hybridized carbons (Fsp3) is 0.513. The topological polar surface area (TPSA) is 267 Å². The molecule has 0 spiro atoms. The molecule has 0 unspecified atom stereocenters. The summed E-state index contributed by atoms with van der Waals surface area (Å²) in [4.78, 5) is 86.5. The van der Waals surface area contributed by atoms with Gasteiger partial charge in [0.1, 0.15) is 31.0 Å². The number of nitrogens with two attached hydrogens (primary N) is 4. The molecule has 2 rings (SSSR count). The summed E-state index contributed by atoms with van der Waals surface area (Å²) in [6.07, 6.45) is 3.37. The Morgan fingerprint density at radius 3 is 1.96 bits per heavy atom. The van der Waals surface area contributed by atoms with E-state index in [4.69, 9.17) is 27.7 Å². The summed E-state index contributed by atoms with van der Waals surface area (Å²) < 4.78 is 5.63. The molecule has 302 valence electrons. The number of carbonyl (C=O) groups excluding carboxylic acids is 6. The quantitative estimate of drug-likeness (QED) is 0.0315. The van der Waals surface area contributed by atoms with Gasteiger partial charge in [0.05, 0.1) is 6.04 Å². The zero-order valence-electron chi connectivity index (χ0n) is 31.8. The summed E-state index contributed by atoms with van der Waals surface area (Å²) in [5.74, 6) is -2.88. The average Bonchev–Trinajstić information content (AvgIpc) is 3.19. The van der Waals surface area contributed by atoms with E-state index in [2.05, 4.69) is 20.9 Å². The van der Waals surface area contributed by atoms with Crippen molar-refractivity contribution in [2.45, 2.75) is 108 Å². The van der Waals surface area contributed by atoms with E-state index in [9.17, 15) is 28.8 Å². The number of carbonyl (C=O) groups is 6. The van der Waals surface area contributed by atoms with Crippen molar-refractivity contribution in [3.8, 4) is 0 Å². The summed E-state index contributed by atoms with van der Waals surface area (Å²) in [5, 5.41) is 8.21. The molecule has 0 saturated carbocycles. The summed E-state index contributed by atoms with van der Waals surface area (Å²) in [7, 11) is 0. The van der Waals surface area contributed by atoms with Crippen molar-refractivity contribution >= 4 is 42.0 Å². The summed E-state index contributed by atoms with van der Waals surface area (Å²) in [6.45, 7) is 2.55. The second kappa shape index (κ2) is 26.4. The molecule has 2 aromatic carbocycles. The van der Waals surface area contributed by atoms with Crippen molar-refractivity contribution in [3.63, 3.8) is 0 Å². The molecule has 0 saturated heterocycles. The number of benzene rings is 2. The zero-order chi connectivity index (χ0) is 40.4. The fourth-order valence-corrected chi connectivity index (χ4v) is 5.69. The lowest BCUT2D eigenvalue weighted by molar-refractivity contribution is -0.142. The number of unbranched alkanes of at least 4 members (excludes halogenated alkanes) is 3. The minimum atomic E-state index is -1.44. The Bertz CT molecular complexity index is 1510. The predicted molar refractivity (Wildman–Crippen MR) is 210 cm³/mol. The molecule has 55 heavy (non-hydrogen) atoms. The number of nitrogens with zero attached hydrogens (tertiary/aromatic N) is 2. The van der Waals surface area contributed by atoms with Crippen molar-refractivity contribution in [2.24, 2.45) is 27.9 Å². The van der Waals surface area contributed by atoms with Crippen molar-refractivity contribution in [1.29, 1.82) is 0 Å². The first-order valence-electron chi connectivity index (χ1n) is 19.0. The molecular weight excluding hydrogens is 706 g/mol. The van der Waals surface area contributed by atoms with E-state index in [0.29, 0.717) is 62.5 Å². The number of hydrogen-bond acceptors (Lipinski definition) is 10. The van der Waals surface area contributed by atoms with E-state index in [1.54, 1.807) is 60.7 Å². The predicted octanol–water partition coefficient (Wildman–Crippen LogP) is 1.99. The second-order valence-electron chi connectivity index (χ2n) is 13.1. The molecule has 0 radical (unpaired) electrons. The molecule has 16 heteroatoms. The Labute approximate surface area is 323 Å². The third kappa shape index (κ3) is 17.1. The number of nitrogens with one attached hydrogen (secondary N) is 3. The van der Waals surface area contributed by atoms with Crippen LogP contribution in [0.15, 0.2) is 65.7 Å². The van der Waals surface area contributed by atoms with Gasteiger partial charge in [-0.2, -0.15) is 0 Å². The van der Waals surface area contributed by atoms with Crippen LogP contribution in [-0.4, -0.2) is 90.7 Å². The number of ether oxygens (including phenoxy) is 1. The van der Waals surface area contributed by atoms with Crippen LogP contribution in [0.1, 0.15) is 93.5 Å². The molecule has 0 heterocycles. The van der Waals surface area contributed by atoms with Gasteiger partial charge in [-0.15, -0.1) is 0 Å². The number of aldehydes is 1. The number of amides is 5. The highest BCUT2D eigenvalue weighted by molar-refractivity contribution is 6.02. The van der Waals surface area contributed by atoms with Gasteiger partial charge in [0.25, 0.3) is 11.8 Å². The van der Waals surface area contributed by atoms with Crippen LogP contribution in [0.3, 0.4) is 0 Å². The van der Waals surface area contributed by atoms with Crippen LogP contribution in [0.4, 0.5) is 4.79 Å². The Morgan fingerprint density at radius 1 is 0.745 bits per heavy atom. The highest BCUT2D eigenvalue weighted by Gasteiger charge is 2.40. The van der Waals surface area contributed by atoms with E-state index in [1.807, 2.05) is 6.92 Å². The Kier molecular flexibility index (Phi) is 22.0. The summed E-state index contributed by atoms with van der Waals surface area (Å²) >= 11 is 0. The maximum atomic E-state index is 14.7. The second-order valence-corrected chi connectivity index (χ2v) is 13.1. The van der Waals surface area contributed by atoms with E-state index in [0.717, 1.165) is 11.3 Å². The van der Waals surface area contributed by atoms with E-state index in [-0.39, 0.29) is 51.3 Å². The van der Waals surface area contributed by atoms with Gasteiger partial charge in [0.2, 0.25) is 11.8 Å². The summed E-state index contributed by atoms with van der Waals surface area (Å²) in [6, 6.07) is 12.5. The lowest BCUT2D eigenvalue weighted by Crippen LogP contribution is -2.60. The standard InChI is InChI=1S/C39H59N9O7/c1-2-3-20-31(46-34(50)29-17-8-5-9-18-29)35(51)47-32(21-10-12-23-40)37(53)48(39(54)55-27-28-15-6-4-7-16-28)33(22-11-13-24-41)36(52)45-30(26-49)19-14-25-44-38(42)43/h4-9,15-18,26,30-33H,2-3,10-14,19-25,27,40-41H2,1H3,(H,45,52)(H,46,50)(H,47,51)(H4,42,43,44)/t30-,31-,32-,33-/m0/s1. The number of rotatable bonds is 26. The van der Waals surface area contributed by atoms with Crippen molar-refractivity contribution in [2.75, 3.05) is 19.6 Å². The van der Waals surface area contributed by atoms with Crippen molar-refractivity contribution in [3.05, 3.63) is 71.8 Å². The smallest absolute Gasteiger partial charge is 0.417 e. The fourth-order valence-electron chi connectivity index (χ4n) is 5.69. The van der Waals surface area contributed by atoms with Crippen LogP contribution in [0, 0.1) is 0 Å². The van der Waals surface area contributed by atoms with Gasteiger partial charge < -0.3 is 48.4 Å². The van der Waals surface area contributed by atoms with Gasteiger partial charge in [0.15, 0.2) is 5.96 Å². The Hall–Kier alpha value is -5.35. The van der Waals surface area contributed by atoms with Crippen LogP contribution < -0.4 is 38.9 Å². The van der Waals surface area contributed by atoms with Crippen LogP contribution in [0.5, 0.6) is 0 Å². The molecule has 16 nitrogen and oxygen atoms in total. The third-order valence-electron chi connectivity index (χ3n) is 8.71. The normalized spacial score (nSPS) is 12.9. The molecule has 0 aliphatic rings. The molecule has 0 aliphatic carbocycles. The number of aliphatic imine (C=N–C) groups is 1. The molecule has 0 fully saturated rings. The Balaban J connectivity index is 2.52. The van der Waals surface area contributed by atoms with Gasteiger partial charge >= 0.3 is 6.09 Å². The minimum absolute atomic E-state index is 0.00941. The van der Waals surface area contributed by atoms with Gasteiger partial charge in [-0.25, -0.2) is 9.69 Å². The highest BCUT2D eigenvalue weighted by atomic mass is 16.6. The maximum absolute atomic E-state index is 14.7. The average molecular weight is 766 g/mol. The zero-order valence-corrected chi connectivity index (χ0v) is 31.8. The Morgan fingerprint density at radius 2 is 1.36 bits per heavy atom. The van der Waals surface area contributed by atoms with Crippen LogP contribution in [0.25, 0.3) is 0 Å². The lowest BCUT2D eigenvalue weighted by Gasteiger charge is -2.33.